The first-order chi connectivity index (χ1) is 11.5. The van der Waals surface area contributed by atoms with E-state index in [-0.39, 0.29) is 5.92 Å². The number of aromatic nitrogens is 5. The Kier molecular flexibility index (Phi) is 4.59. The highest BCUT2D eigenvalue weighted by atomic mass is 16.5. The molecule has 3 heterocycles. The summed E-state index contributed by atoms with van der Waals surface area (Å²) in [6.07, 6.45) is 3.60. The molecule has 7 heteroatoms. The minimum Gasteiger partial charge on any atom is -0.356 e. The Labute approximate surface area is 141 Å². The Balaban J connectivity index is 1.75. The standard InChI is InChI=1S/C17H22N6O/c1-11(2)16-14(15-9-12(3)22-24-15)10-19-17(21-16)18-7-8-23-13(4)5-6-20-23/h5-6,9-11H,7-8H2,1-4H3,(H,18,19,21). The summed E-state index contributed by atoms with van der Waals surface area (Å²) < 4.78 is 7.31. The number of rotatable bonds is 6. The molecule has 0 aromatic carbocycles. The molecule has 0 aliphatic rings. The largest absolute Gasteiger partial charge is 0.356 e. The van der Waals surface area contributed by atoms with Crippen molar-refractivity contribution in [2.45, 2.75) is 40.2 Å². The average molecular weight is 326 g/mol. The third-order valence-corrected chi connectivity index (χ3v) is 3.79. The van der Waals surface area contributed by atoms with Crippen LogP contribution in [0.1, 0.15) is 36.8 Å². The summed E-state index contributed by atoms with van der Waals surface area (Å²) >= 11 is 0. The van der Waals surface area contributed by atoms with Gasteiger partial charge < -0.3 is 9.84 Å². The van der Waals surface area contributed by atoms with Gasteiger partial charge in [-0.25, -0.2) is 9.97 Å². The van der Waals surface area contributed by atoms with Crippen LogP contribution in [0.3, 0.4) is 0 Å². The molecule has 0 saturated carbocycles. The molecule has 7 nitrogen and oxygen atoms in total. The zero-order valence-electron chi connectivity index (χ0n) is 14.4. The second kappa shape index (κ2) is 6.82. The molecule has 0 fully saturated rings. The van der Waals surface area contributed by atoms with Gasteiger partial charge in [0.15, 0.2) is 5.76 Å². The summed E-state index contributed by atoms with van der Waals surface area (Å²) in [6.45, 7) is 9.62. The van der Waals surface area contributed by atoms with Gasteiger partial charge in [-0.2, -0.15) is 5.10 Å². The normalized spacial score (nSPS) is 11.2. The molecule has 0 aliphatic carbocycles. The van der Waals surface area contributed by atoms with E-state index in [0.717, 1.165) is 29.2 Å². The van der Waals surface area contributed by atoms with Crippen LogP contribution in [0.25, 0.3) is 11.3 Å². The highest BCUT2D eigenvalue weighted by Gasteiger charge is 2.16. The first-order valence-corrected chi connectivity index (χ1v) is 8.07. The Hall–Kier alpha value is -2.70. The highest BCUT2D eigenvalue weighted by molar-refractivity contribution is 5.61. The molecule has 24 heavy (non-hydrogen) atoms. The topological polar surface area (TPSA) is 81.7 Å². The molecule has 3 aromatic heterocycles. The molecule has 1 N–H and O–H groups in total. The van der Waals surface area contributed by atoms with Crippen molar-refractivity contribution in [1.82, 2.24) is 24.9 Å². The third kappa shape index (κ3) is 3.45. The number of hydrogen-bond acceptors (Lipinski definition) is 6. The maximum Gasteiger partial charge on any atom is 0.222 e. The van der Waals surface area contributed by atoms with Crippen LogP contribution in [-0.4, -0.2) is 31.4 Å². The lowest BCUT2D eigenvalue weighted by molar-refractivity contribution is 0.426. The van der Waals surface area contributed by atoms with Crippen molar-refractivity contribution >= 4 is 5.95 Å². The van der Waals surface area contributed by atoms with Crippen LogP contribution in [0.4, 0.5) is 5.95 Å². The van der Waals surface area contributed by atoms with E-state index in [1.807, 2.05) is 30.7 Å². The molecular formula is C17H22N6O. The smallest absolute Gasteiger partial charge is 0.222 e. The second-order valence-electron chi connectivity index (χ2n) is 6.10. The van der Waals surface area contributed by atoms with Crippen LogP contribution >= 0.6 is 0 Å². The lowest BCUT2D eigenvalue weighted by Crippen LogP contribution is -2.15. The number of nitrogens with zero attached hydrogens (tertiary/aromatic N) is 5. The van der Waals surface area contributed by atoms with Crippen LogP contribution in [0, 0.1) is 13.8 Å². The predicted molar refractivity (Wildman–Crippen MR) is 91.8 cm³/mol. The van der Waals surface area contributed by atoms with Crippen LogP contribution in [0.2, 0.25) is 0 Å². The highest BCUT2D eigenvalue weighted by Crippen LogP contribution is 2.28. The summed E-state index contributed by atoms with van der Waals surface area (Å²) in [5.41, 5.74) is 3.81. The maximum atomic E-state index is 5.36. The van der Waals surface area contributed by atoms with E-state index in [1.54, 1.807) is 12.4 Å². The summed E-state index contributed by atoms with van der Waals surface area (Å²) in [6, 6.07) is 3.89. The molecule has 0 aliphatic heterocycles. The van der Waals surface area contributed by atoms with E-state index in [4.69, 9.17) is 4.52 Å². The van der Waals surface area contributed by atoms with Crippen LogP contribution < -0.4 is 5.32 Å². The van der Waals surface area contributed by atoms with Gasteiger partial charge in [-0.1, -0.05) is 19.0 Å². The molecule has 0 unspecified atom stereocenters. The van der Waals surface area contributed by atoms with Crippen molar-refractivity contribution in [2.24, 2.45) is 0 Å². The van der Waals surface area contributed by atoms with Crippen molar-refractivity contribution in [3.63, 3.8) is 0 Å². The molecular weight excluding hydrogens is 304 g/mol. The van der Waals surface area contributed by atoms with Gasteiger partial charge in [-0.05, 0) is 25.8 Å². The molecule has 0 bridgehead atoms. The van der Waals surface area contributed by atoms with Gasteiger partial charge in [0.1, 0.15) is 0 Å². The Morgan fingerprint density at radius 1 is 1.29 bits per heavy atom. The molecule has 0 saturated heterocycles. The fourth-order valence-electron chi connectivity index (χ4n) is 2.51. The van der Waals surface area contributed by atoms with Crippen LogP contribution in [-0.2, 0) is 6.54 Å². The summed E-state index contributed by atoms with van der Waals surface area (Å²) in [5.74, 6) is 1.57. The summed E-state index contributed by atoms with van der Waals surface area (Å²) in [4.78, 5) is 9.07. The molecule has 0 atom stereocenters. The Morgan fingerprint density at radius 3 is 2.75 bits per heavy atom. The Morgan fingerprint density at radius 2 is 2.12 bits per heavy atom. The SMILES string of the molecule is Cc1cc(-c2cnc(NCCn3nccc3C)nc2C(C)C)on1. The van der Waals surface area contributed by atoms with Gasteiger partial charge in [-0.15, -0.1) is 0 Å². The van der Waals surface area contributed by atoms with Crippen molar-refractivity contribution in [3.05, 3.63) is 41.6 Å². The average Bonchev–Trinajstić information content (AvgIpc) is 3.16. The number of hydrogen-bond donors (Lipinski definition) is 1. The Bertz CT molecular complexity index is 820. The monoisotopic (exact) mass is 326 g/mol. The maximum absolute atomic E-state index is 5.36. The van der Waals surface area contributed by atoms with Gasteiger partial charge in [-0.3, -0.25) is 4.68 Å². The molecule has 0 radical (unpaired) electrons. The molecule has 3 rings (SSSR count). The summed E-state index contributed by atoms with van der Waals surface area (Å²) in [5, 5.41) is 11.5. The van der Waals surface area contributed by atoms with E-state index in [1.165, 1.54) is 0 Å². The lowest BCUT2D eigenvalue weighted by atomic mass is 10.0. The van der Waals surface area contributed by atoms with Crippen LogP contribution in [0.5, 0.6) is 0 Å². The van der Waals surface area contributed by atoms with E-state index < -0.39 is 0 Å². The van der Waals surface area contributed by atoms with E-state index in [2.05, 4.69) is 39.4 Å². The van der Waals surface area contributed by atoms with Gasteiger partial charge >= 0.3 is 0 Å². The fraction of sp³-hybridized carbons (Fsp3) is 0.412. The van der Waals surface area contributed by atoms with Gasteiger partial charge in [0.25, 0.3) is 0 Å². The van der Waals surface area contributed by atoms with Crippen molar-refractivity contribution in [2.75, 3.05) is 11.9 Å². The van der Waals surface area contributed by atoms with Gasteiger partial charge in [0, 0.05) is 30.7 Å². The first-order valence-electron chi connectivity index (χ1n) is 8.07. The van der Waals surface area contributed by atoms with Crippen molar-refractivity contribution < 1.29 is 4.52 Å². The van der Waals surface area contributed by atoms with E-state index >= 15 is 0 Å². The fourth-order valence-corrected chi connectivity index (χ4v) is 2.51. The third-order valence-electron chi connectivity index (χ3n) is 3.79. The molecule has 0 amide bonds. The minimum atomic E-state index is 0.252. The molecule has 3 aromatic rings. The van der Waals surface area contributed by atoms with Gasteiger partial charge in [0.05, 0.1) is 23.5 Å². The predicted octanol–water partition coefficient (Wildman–Crippen LogP) is 3.18. The van der Waals surface area contributed by atoms with Crippen molar-refractivity contribution in [3.8, 4) is 11.3 Å². The zero-order valence-corrected chi connectivity index (χ0v) is 14.4. The van der Waals surface area contributed by atoms with Crippen LogP contribution in [0.15, 0.2) is 29.0 Å². The van der Waals surface area contributed by atoms with Gasteiger partial charge in [0.2, 0.25) is 5.95 Å². The quantitative estimate of drug-likeness (QED) is 0.749. The molecule has 126 valence electrons. The van der Waals surface area contributed by atoms with E-state index in [0.29, 0.717) is 18.3 Å². The zero-order chi connectivity index (χ0) is 17.1. The number of anilines is 1. The number of aryl methyl sites for hydroxylation is 2. The number of nitrogens with one attached hydrogen (secondary N) is 1. The summed E-state index contributed by atoms with van der Waals surface area (Å²) in [7, 11) is 0. The first kappa shape index (κ1) is 16.2. The second-order valence-corrected chi connectivity index (χ2v) is 6.10. The lowest BCUT2D eigenvalue weighted by Gasteiger charge is -2.12. The van der Waals surface area contributed by atoms with E-state index in [9.17, 15) is 0 Å². The van der Waals surface area contributed by atoms with Crippen molar-refractivity contribution in [1.29, 1.82) is 0 Å². The molecule has 0 spiro atoms. The minimum absolute atomic E-state index is 0.252.